The van der Waals surface area contributed by atoms with Crippen molar-refractivity contribution in [2.75, 3.05) is 24.4 Å². The van der Waals surface area contributed by atoms with E-state index in [-0.39, 0.29) is 5.91 Å². The molecule has 1 unspecified atom stereocenters. The lowest BCUT2D eigenvalue weighted by Gasteiger charge is -2.36. The minimum atomic E-state index is -1.29. The molecule has 1 aliphatic rings. The van der Waals surface area contributed by atoms with Gasteiger partial charge in [0.2, 0.25) is 5.91 Å². The minimum Gasteiger partial charge on any atom is -0.465 e. The van der Waals surface area contributed by atoms with Gasteiger partial charge in [0.15, 0.2) is 4.75 Å². The van der Waals surface area contributed by atoms with Crippen molar-refractivity contribution in [1.29, 1.82) is 0 Å². The molecular formula is C19H18N2O4S. The van der Waals surface area contributed by atoms with Gasteiger partial charge in [-0.05, 0) is 43.3 Å². The molecule has 6 nitrogen and oxygen atoms in total. The molecule has 134 valence electrons. The summed E-state index contributed by atoms with van der Waals surface area (Å²) in [5.41, 5.74) is 1.67. The van der Waals surface area contributed by atoms with Crippen LogP contribution in [-0.4, -0.2) is 36.7 Å². The number of nitrogens with zero attached hydrogens (tertiary/aromatic N) is 1. The van der Waals surface area contributed by atoms with Crippen molar-refractivity contribution in [1.82, 2.24) is 0 Å². The molecule has 0 aliphatic carbocycles. The molecule has 0 bridgehead atoms. The maximum absolute atomic E-state index is 12.9. The number of ether oxygens (including phenoxy) is 1. The second-order valence-corrected chi connectivity index (χ2v) is 7.45. The van der Waals surface area contributed by atoms with E-state index in [2.05, 4.69) is 10.1 Å². The average molecular weight is 370 g/mol. The predicted octanol–water partition coefficient (Wildman–Crippen LogP) is 2.94. The fourth-order valence-electron chi connectivity index (χ4n) is 2.71. The third-order valence-electron chi connectivity index (χ3n) is 4.25. The van der Waals surface area contributed by atoms with E-state index in [0.717, 1.165) is 10.6 Å². The Hall–Kier alpha value is -2.80. The SMILES string of the molecule is COC(=O)c1ccc(NC(=O)C2(C)Sc3ccccc3N(C)C2=O)cc1. The molecule has 1 heterocycles. The first-order valence-electron chi connectivity index (χ1n) is 7.93. The highest BCUT2D eigenvalue weighted by molar-refractivity contribution is 8.02. The zero-order chi connectivity index (χ0) is 18.9. The summed E-state index contributed by atoms with van der Waals surface area (Å²) in [5.74, 6) is -1.16. The fourth-order valence-corrected chi connectivity index (χ4v) is 3.98. The van der Waals surface area contributed by atoms with Gasteiger partial charge in [-0.25, -0.2) is 4.79 Å². The van der Waals surface area contributed by atoms with Crippen molar-refractivity contribution >= 4 is 40.9 Å². The van der Waals surface area contributed by atoms with Gasteiger partial charge < -0.3 is 15.0 Å². The quantitative estimate of drug-likeness (QED) is 0.664. The van der Waals surface area contributed by atoms with Gasteiger partial charge in [-0.3, -0.25) is 9.59 Å². The molecule has 2 amide bonds. The van der Waals surface area contributed by atoms with Crippen molar-refractivity contribution in [2.24, 2.45) is 0 Å². The summed E-state index contributed by atoms with van der Waals surface area (Å²) in [6.07, 6.45) is 0. The van der Waals surface area contributed by atoms with E-state index in [9.17, 15) is 14.4 Å². The molecule has 0 spiro atoms. The fraction of sp³-hybridized carbons (Fsp3) is 0.211. The molecule has 1 N–H and O–H groups in total. The summed E-state index contributed by atoms with van der Waals surface area (Å²) < 4.78 is 3.36. The molecule has 1 aliphatic heterocycles. The molecule has 2 aromatic rings. The van der Waals surface area contributed by atoms with Crippen molar-refractivity contribution in [2.45, 2.75) is 16.6 Å². The summed E-state index contributed by atoms with van der Waals surface area (Å²) in [6, 6.07) is 13.8. The zero-order valence-corrected chi connectivity index (χ0v) is 15.4. The first kappa shape index (κ1) is 18.0. The Morgan fingerprint density at radius 2 is 1.77 bits per heavy atom. The molecule has 2 aromatic carbocycles. The van der Waals surface area contributed by atoms with Crippen LogP contribution in [0, 0.1) is 0 Å². The van der Waals surface area contributed by atoms with E-state index in [0.29, 0.717) is 11.3 Å². The number of anilines is 2. The van der Waals surface area contributed by atoms with Crippen molar-refractivity contribution in [3.63, 3.8) is 0 Å². The number of nitrogens with one attached hydrogen (secondary N) is 1. The molecule has 3 rings (SSSR count). The Balaban J connectivity index is 1.83. The van der Waals surface area contributed by atoms with Gasteiger partial charge in [0.25, 0.3) is 5.91 Å². The molecule has 0 saturated carbocycles. The van der Waals surface area contributed by atoms with Crippen LogP contribution in [0.5, 0.6) is 0 Å². The highest BCUT2D eigenvalue weighted by Crippen LogP contribution is 2.45. The number of amides is 2. The highest BCUT2D eigenvalue weighted by Gasteiger charge is 2.48. The van der Waals surface area contributed by atoms with Crippen molar-refractivity contribution < 1.29 is 19.1 Å². The van der Waals surface area contributed by atoms with Crippen molar-refractivity contribution in [3.8, 4) is 0 Å². The van der Waals surface area contributed by atoms with Gasteiger partial charge >= 0.3 is 5.97 Å². The molecule has 0 fully saturated rings. The second-order valence-electron chi connectivity index (χ2n) is 5.99. The van der Waals surface area contributed by atoms with Gasteiger partial charge in [0, 0.05) is 17.6 Å². The largest absolute Gasteiger partial charge is 0.465 e. The summed E-state index contributed by atoms with van der Waals surface area (Å²) in [4.78, 5) is 39.5. The number of carbonyl (C=O) groups excluding carboxylic acids is 3. The van der Waals surface area contributed by atoms with Gasteiger partial charge in [0.1, 0.15) is 0 Å². The van der Waals surface area contributed by atoms with Crippen LogP contribution in [0.4, 0.5) is 11.4 Å². The van der Waals surface area contributed by atoms with Crippen LogP contribution in [0.25, 0.3) is 0 Å². The van der Waals surface area contributed by atoms with E-state index in [1.54, 1.807) is 38.2 Å². The Morgan fingerprint density at radius 1 is 1.12 bits per heavy atom. The van der Waals surface area contributed by atoms with E-state index in [4.69, 9.17) is 0 Å². The summed E-state index contributed by atoms with van der Waals surface area (Å²) >= 11 is 1.23. The third-order valence-corrected chi connectivity index (χ3v) is 5.58. The van der Waals surface area contributed by atoms with E-state index in [1.165, 1.54) is 23.8 Å². The first-order chi connectivity index (χ1) is 12.4. The molecular weight excluding hydrogens is 352 g/mol. The number of fused-ring (bicyclic) bond motifs is 1. The number of rotatable bonds is 3. The van der Waals surface area contributed by atoms with Gasteiger partial charge in [-0.1, -0.05) is 23.9 Å². The third kappa shape index (κ3) is 3.06. The van der Waals surface area contributed by atoms with E-state index >= 15 is 0 Å². The average Bonchev–Trinajstić information content (AvgIpc) is 2.66. The first-order valence-corrected chi connectivity index (χ1v) is 8.74. The second kappa shape index (κ2) is 6.84. The standard InChI is InChI=1S/C19H18N2O4S/c1-19(18(24)21(2)14-6-4-5-7-15(14)26-19)17(23)20-13-10-8-12(9-11-13)16(22)25-3/h4-11H,1-3H3,(H,20,23). The Bertz CT molecular complexity index is 881. The molecule has 0 aromatic heterocycles. The summed E-state index contributed by atoms with van der Waals surface area (Å²) in [7, 11) is 2.97. The van der Waals surface area contributed by atoms with Crippen LogP contribution < -0.4 is 10.2 Å². The van der Waals surface area contributed by atoms with Crippen LogP contribution in [0.3, 0.4) is 0 Å². The summed E-state index contributed by atoms with van der Waals surface area (Å²) in [5, 5.41) is 2.76. The van der Waals surface area contributed by atoms with Crippen LogP contribution >= 0.6 is 11.8 Å². The molecule has 7 heteroatoms. The lowest BCUT2D eigenvalue weighted by molar-refractivity contribution is -0.128. The number of methoxy groups -OCH3 is 1. The summed E-state index contributed by atoms with van der Waals surface area (Å²) in [6.45, 7) is 1.62. The smallest absolute Gasteiger partial charge is 0.337 e. The normalized spacial score (nSPS) is 18.9. The van der Waals surface area contributed by atoms with Gasteiger partial charge in [0.05, 0.1) is 18.4 Å². The lowest BCUT2D eigenvalue weighted by Crippen LogP contribution is -2.53. The van der Waals surface area contributed by atoms with Gasteiger partial charge in [-0.2, -0.15) is 0 Å². The van der Waals surface area contributed by atoms with Crippen LogP contribution in [0.1, 0.15) is 17.3 Å². The van der Waals surface area contributed by atoms with E-state index < -0.39 is 16.6 Å². The van der Waals surface area contributed by atoms with Crippen LogP contribution in [-0.2, 0) is 14.3 Å². The van der Waals surface area contributed by atoms with Crippen LogP contribution in [0.2, 0.25) is 0 Å². The highest BCUT2D eigenvalue weighted by atomic mass is 32.2. The van der Waals surface area contributed by atoms with Crippen molar-refractivity contribution in [3.05, 3.63) is 54.1 Å². The number of benzene rings is 2. The Labute approximate surface area is 155 Å². The van der Waals surface area contributed by atoms with E-state index in [1.807, 2.05) is 24.3 Å². The Morgan fingerprint density at radius 3 is 2.42 bits per heavy atom. The zero-order valence-electron chi connectivity index (χ0n) is 14.6. The lowest BCUT2D eigenvalue weighted by atomic mass is 10.1. The minimum absolute atomic E-state index is 0.287. The number of hydrogen-bond donors (Lipinski definition) is 1. The topological polar surface area (TPSA) is 75.7 Å². The maximum Gasteiger partial charge on any atom is 0.337 e. The molecule has 0 saturated heterocycles. The molecule has 0 radical (unpaired) electrons. The molecule has 26 heavy (non-hydrogen) atoms. The number of thioether (sulfide) groups is 1. The monoisotopic (exact) mass is 370 g/mol. The number of para-hydroxylation sites is 1. The number of hydrogen-bond acceptors (Lipinski definition) is 5. The number of carbonyl (C=O) groups is 3. The van der Waals surface area contributed by atoms with Crippen LogP contribution in [0.15, 0.2) is 53.4 Å². The predicted molar refractivity (Wildman–Crippen MR) is 101 cm³/mol. The molecule has 1 atom stereocenters. The van der Waals surface area contributed by atoms with Gasteiger partial charge in [-0.15, -0.1) is 0 Å². The number of esters is 1. The Kier molecular flexibility index (Phi) is 4.73. The maximum atomic E-state index is 12.9.